The molecular formula is C25H48N6O8. The highest BCUT2D eigenvalue weighted by atomic mass is 16.6. The minimum Gasteiger partial charge on any atom is -0.444 e. The van der Waals surface area contributed by atoms with Crippen LogP contribution < -0.4 is 32.3 Å². The Morgan fingerprint density at radius 1 is 0.564 bits per heavy atom. The molecule has 0 radical (unpaired) electrons. The summed E-state index contributed by atoms with van der Waals surface area (Å²) < 4.78 is 15.6. The predicted octanol–water partition coefficient (Wildman–Crippen LogP) is 1.27. The summed E-state index contributed by atoms with van der Waals surface area (Å²) in [6, 6.07) is -2.01. The second kappa shape index (κ2) is 16.0. The first-order chi connectivity index (χ1) is 17.7. The Hall–Kier alpha value is -3.29. The van der Waals surface area contributed by atoms with Crippen LogP contribution in [0.1, 0.15) is 75.2 Å². The summed E-state index contributed by atoms with van der Waals surface area (Å²) in [7, 11) is 0. The summed E-state index contributed by atoms with van der Waals surface area (Å²) in [4.78, 5) is 61.6. The molecule has 0 aromatic rings. The first-order valence-corrected chi connectivity index (χ1v) is 12.9. The van der Waals surface area contributed by atoms with Gasteiger partial charge in [-0.3, -0.25) is 9.59 Å². The lowest BCUT2D eigenvalue weighted by Crippen LogP contribution is -2.52. The zero-order valence-electron chi connectivity index (χ0n) is 24.7. The van der Waals surface area contributed by atoms with Gasteiger partial charge < -0.3 is 46.5 Å². The quantitative estimate of drug-likeness (QED) is 0.150. The van der Waals surface area contributed by atoms with Crippen LogP contribution in [0.25, 0.3) is 0 Å². The molecule has 0 spiro atoms. The monoisotopic (exact) mass is 560 g/mol. The van der Waals surface area contributed by atoms with Crippen molar-refractivity contribution < 1.29 is 38.2 Å². The molecule has 0 aliphatic carbocycles. The molecule has 226 valence electrons. The number of hydrogen-bond acceptors (Lipinski definition) is 9. The van der Waals surface area contributed by atoms with E-state index in [-0.39, 0.29) is 39.0 Å². The normalized spacial score (nSPS) is 13.3. The fourth-order valence-corrected chi connectivity index (χ4v) is 2.85. The highest BCUT2D eigenvalue weighted by molar-refractivity contribution is 5.87. The van der Waals surface area contributed by atoms with Gasteiger partial charge in [0.25, 0.3) is 0 Å². The number of alkyl carbamates (subject to hydrolysis) is 3. The number of carbonyl (C=O) groups excluding carboxylic acids is 5. The molecular weight excluding hydrogens is 512 g/mol. The Labute approximate surface area is 231 Å². The van der Waals surface area contributed by atoms with Crippen LogP contribution in [-0.2, 0) is 23.8 Å². The van der Waals surface area contributed by atoms with Crippen LogP contribution in [-0.4, -0.2) is 85.2 Å². The molecule has 0 fully saturated rings. The van der Waals surface area contributed by atoms with Crippen LogP contribution in [0.2, 0.25) is 0 Å². The van der Waals surface area contributed by atoms with Crippen LogP contribution in [0.3, 0.4) is 0 Å². The largest absolute Gasteiger partial charge is 0.444 e. The van der Waals surface area contributed by atoms with E-state index < -0.39 is 59.0 Å². The van der Waals surface area contributed by atoms with Crippen LogP contribution in [0.4, 0.5) is 14.4 Å². The molecule has 0 saturated carbocycles. The fourth-order valence-electron chi connectivity index (χ4n) is 2.85. The van der Waals surface area contributed by atoms with Crippen molar-refractivity contribution in [3.8, 4) is 0 Å². The Morgan fingerprint density at radius 3 is 1.33 bits per heavy atom. The van der Waals surface area contributed by atoms with E-state index in [0.717, 1.165) is 0 Å². The third-order valence-electron chi connectivity index (χ3n) is 4.29. The van der Waals surface area contributed by atoms with Gasteiger partial charge in [-0.2, -0.15) is 0 Å². The van der Waals surface area contributed by atoms with E-state index in [1.54, 1.807) is 62.3 Å². The predicted molar refractivity (Wildman–Crippen MR) is 145 cm³/mol. The van der Waals surface area contributed by atoms with Gasteiger partial charge in [-0.15, -0.1) is 0 Å². The molecule has 0 saturated heterocycles. The molecule has 0 aliphatic heterocycles. The van der Waals surface area contributed by atoms with E-state index in [4.69, 9.17) is 19.9 Å². The third kappa shape index (κ3) is 19.4. The van der Waals surface area contributed by atoms with E-state index in [0.29, 0.717) is 0 Å². The van der Waals surface area contributed by atoms with Gasteiger partial charge in [-0.05, 0) is 81.7 Å². The maximum Gasteiger partial charge on any atom is 0.408 e. The van der Waals surface area contributed by atoms with Gasteiger partial charge in [0, 0.05) is 19.6 Å². The topological polar surface area (TPSA) is 199 Å². The smallest absolute Gasteiger partial charge is 0.408 e. The zero-order valence-corrected chi connectivity index (χ0v) is 24.7. The van der Waals surface area contributed by atoms with Crippen molar-refractivity contribution in [2.24, 2.45) is 5.73 Å². The first-order valence-electron chi connectivity index (χ1n) is 12.9. The van der Waals surface area contributed by atoms with Crippen molar-refractivity contribution in [1.82, 2.24) is 26.6 Å². The van der Waals surface area contributed by atoms with Crippen molar-refractivity contribution >= 4 is 30.1 Å². The summed E-state index contributed by atoms with van der Waals surface area (Å²) in [6.07, 6.45) is -2.03. The van der Waals surface area contributed by atoms with Gasteiger partial charge in [0.15, 0.2) is 0 Å². The maximum absolute atomic E-state index is 12.8. The van der Waals surface area contributed by atoms with E-state index >= 15 is 0 Å². The average molecular weight is 561 g/mol. The van der Waals surface area contributed by atoms with Gasteiger partial charge >= 0.3 is 18.3 Å². The highest BCUT2D eigenvalue weighted by Gasteiger charge is 2.27. The molecule has 0 unspecified atom stereocenters. The molecule has 5 amide bonds. The number of nitrogens with one attached hydrogen (secondary N) is 5. The lowest BCUT2D eigenvalue weighted by Gasteiger charge is -2.24. The summed E-state index contributed by atoms with van der Waals surface area (Å²) in [6.45, 7) is 15.6. The van der Waals surface area contributed by atoms with Crippen molar-refractivity contribution in [3.05, 3.63) is 0 Å². The molecule has 0 aliphatic rings. The second-order valence-electron chi connectivity index (χ2n) is 11.8. The van der Waals surface area contributed by atoms with Gasteiger partial charge in [0.05, 0.1) is 0 Å². The number of hydrogen-bond donors (Lipinski definition) is 6. The lowest BCUT2D eigenvalue weighted by atomic mass is 10.1. The number of rotatable bonds is 12. The molecule has 0 heterocycles. The minimum atomic E-state index is -1.06. The molecule has 0 rings (SSSR count). The Balaban J connectivity index is 5.07. The van der Waals surface area contributed by atoms with Crippen molar-refractivity contribution in [1.29, 1.82) is 0 Å². The standard InChI is InChI=1S/C25H48N6O8/c1-23(2,3)37-20(34)29-15-14-28-19(33)17(31-22(36)39-25(7,8)9)11-13-27-18(32)16(10-12-26)30-21(35)38-24(4,5)6/h16-17H,10-15,26H2,1-9H3,(H,27,32)(H,28,33)(H,29,34)(H,30,35)(H,31,36)/t16-,17-/m0/s1. The van der Waals surface area contributed by atoms with Gasteiger partial charge in [-0.25, -0.2) is 14.4 Å². The fraction of sp³-hybridized carbons (Fsp3) is 0.800. The van der Waals surface area contributed by atoms with Crippen molar-refractivity contribution in [3.63, 3.8) is 0 Å². The third-order valence-corrected chi connectivity index (χ3v) is 4.29. The van der Waals surface area contributed by atoms with E-state index in [2.05, 4.69) is 26.6 Å². The van der Waals surface area contributed by atoms with Crippen LogP contribution in [0.15, 0.2) is 0 Å². The Kier molecular flexibility index (Phi) is 14.6. The molecule has 14 nitrogen and oxygen atoms in total. The molecule has 0 aromatic heterocycles. The molecule has 0 aromatic carbocycles. The van der Waals surface area contributed by atoms with Gasteiger partial charge in [-0.1, -0.05) is 0 Å². The number of carbonyl (C=O) groups is 5. The summed E-state index contributed by atoms with van der Waals surface area (Å²) in [5, 5.41) is 12.7. The molecule has 2 atom stereocenters. The molecule has 14 heteroatoms. The van der Waals surface area contributed by atoms with E-state index in [9.17, 15) is 24.0 Å². The highest BCUT2D eigenvalue weighted by Crippen LogP contribution is 2.09. The van der Waals surface area contributed by atoms with Gasteiger partial charge in [0.1, 0.15) is 28.9 Å². The average Bonchev–Trinajstić information content (AvgIpc) is 2.71. The van der Waals surface area contributed by atoms with Crippen LogP contribution in [0.5, 0.6) is 0 Å². The summed E-state index contributed by atoms with van der Waals surface area (Å²) in [5.74, 6) is -1.07. The van der Waals surface area contributed by atoms with Gasteiger partial charge in [0.2, 0.25) is 11.8 Å². The minimum absolute atomic E-state index is 0.0120. The Morgan fingerprint density at radius 2 is 0.923 bits per heavy atom. The second-order valence-corrected chi connectivity index (χ2v) is 11.8. The summed E-state index contributed by atoms with van der Waals surface area (Å²) in [5.41, 5.74) is 3.38. The van der Waals surface area contributed by atoms with Crippen molar-refractivity contribution in [2.45, 2.75) is 104 Å². The number of ether oxygens (including phenoxy) is 3. The van der Waals surface area contributed by atoms with E-state index in [1.807, 2.05) is 0 Å². The SMILES string of the molecule is CC(C)(C)OC(=O)NCCNC(=O)[C@H](CCNC(=O)[C@H](CCN)NC(=O)OC(C)(C)C)NC(=O)OC(C)(C)C. The molecule has 39 heavy (non-hydrogen) atoms. The van der Waals surface area contributed by atoms with E-state index in [1.165, 1.54) is 0 Å². The van der Waals surface area contributed by atoms with Crippen molar-refractivity contribution in [2.75, 3.05) is 26.2 Å². The van der Waals surface area contributed by atoms with Crippen LogP contribution in [0, 0.1) is 0 Å². The maximum atomic E-state index is 12.8. The zero-order chi connectivity index (χ0) is 30.4. The lowest BCUT2D eigenvalue weighted by molar-refractivity contribution is -0.125. The number of nitrogens with two attached hydrogens (primary N) is 1. The summed E-state index contributed by atoms with van der Waals surface area (Å²) >= 11 is 0. The number of amides is 5. The molecule has 0 bridgehead atoms. The van der Waals surface area contributed by atoms with Crippen LogP contribution >= 0.6 is 0 Å². The Bertz CT molecular complexity index is 830. The first kappa shape index (κ1) is 35.7. The molecule has 7 N–H and O–H groups in total.